The van der Waals surface area contributed by atoms with Crippen LogP contribution in [0.25, 0.3) is 10.6 Å². The number of hydrogen-bond donors (Lipinski definition) is 2. The van der Waals surface area contributed by atoms with Crippen LogP contribution in [-0.4, -0.2) is 20.2 Å². The minimum absolute atomic E-state index is 0.0641. The predicted molar refractivity (Wildman–Crippen MR) is 78.5 cm³/mol. The van der Waals surface area contributed by atoms with Crippen LogP contribution in [0.3, 0.4) is 0 Å². The van der Waals surface area contributed by atoms with Crippen molar-refractivity contribution in [1.82, 2.24) is 15.1 Å². The van der Waals surface area contributed by atoms with Gasteiger partial charge in [-0.25, -0.2) is 9.78 Å². The molecule has 6 nitrogen and oxygen atoms in total. The van der Waals surface area contributed by atoms with Gasteiger partial charge < -0.3 is 5.11 Å². The number of thiazole rings is 1. The van der Waals surface area contributed by atoms with Crippen LogP contribution in [0.15, 0.2) is 33.6 Å². The highest BCUT2D eigenvalue weighted by molar-refractivity contribution is 7.15. The number of aromatic amines is 1. The number of aliphatic hydroxyl groups excluding tert-OH is 1. The number of aryl methyl sites for hydroxylation is 1. The van der Waals surface area contributed by atoms with E-state index >= 15 is 0 Å². The lowest BCUT2D eigenvalue weighted by Crippen LogP contribution is -2.04. The van der Waals surface area contributed by atoms with E-state index in [0.717, 1.165) is 23.5 Å². The molecule has 0 radical (unpaired) electrons. The first kappa shape index (κ1) is 16.4. The Morgan fingerprint density at radius 2 is 1.96 bits per heavy atom. The summed E-state index contributed by atoms with van der Waals surface area (Å²) >= 11 is 1.09. The summed E-state index contributed by atoms with van der Waals surface area (Å²) < 4.78 is 42.1. The number of benzene rings is 1. The van der Waals surface area contributed by atoms with E-state index < -0.39 is 23.6 Å². The van der Waals surface area contributed by atoms with Crippen LogP contribution in [0, 0.1) is 6.92 Å². The highest BCUT2D eigenvalue weighted by Gasteiger charge is 2.30. The van der Waals surface area contributed by atoms with Crippen molar-refractivity contribution in [3.8, 4) is 10.6 Å². The molecule has 0 bridgehead atoms. The Labute approximate surface area is 136 Å². The van der Waals surface area contributed by atoms with Crippen molar-refractivity contribution in [2.45, 2.75) is 19.2 Å². The molecule has 0 aliphatic carbocycles. The monoisotopic (exact) mass is 357 g/mol. The summed E-state index contributed by atoms with van der Waals surface area (Å²) in [6.45, 7) is 1.64. The number of H-pyrrole nitrogens is 1. The molecule has 126 valence electrons. The summed E-state index contributed by atoms with van der Waals surface area (Å²) in [5.74, 6) is -0.861. The van der Waals surface area contributed by atoms with Crippen LogP contribution in [-0.2, 0) is 6.18 Å². The molecule has 0 fully saturated rings. The lowest BCUT2D eigenvalue weighted by atomic mass is 10.1. The maximum Gasteiger partial charge on any atom is 0.439 e. The minimum Gasteiger partial charge on any atom is -0.379 e. The highest BCUT2D eigenvalue weighted by Crippen LogP contribution is 2.35. The SMILES string of the molecule is Cc1nc(-c2ccc(C(F)(F)F)cc2)sc1C(O)c1noc(=O)[nH]1. The van der Waals surface area contributed by atoms with Crippen molar-refractivity contribution in [2.75, 3.05) is 0 Å². The third-order valence-corrected chi connectivity index (χ3v) is 4.51. The van der Waals surface area contributed by atoms with Gasteiger partial charge in [0.15, 0.2) is 11.9 Å². The van der Waals surface area contributed by atoms with Gasteiger partial charge in [-0.1, -0.05) is 17.3 Å². The predicted octanol–water partition coefficient (Wildman–Crippen LogP) is 2.90. The van der Waals surface area contributed by atoms with E-state index in [1.807, 2.05) is 0 Å². The number of hydrogen-bond acceptors (Lipinski definition) is 6. The second-order valence-electron chi connectivity index (χ2n) is 4.93. The average Bonchev–Trinajstić information content (AvgIpc) is 3.12. The fourth-order valence-electron chi connectivity index (χ4n) is 2.07. The second-order valence-corrected chi connectivity index (χ2v) is 5.96. The Hall–Kier alpha value is -2.46. The molecule has 1 unspecified atom stereocenters. The van der Waals surface area contributed by atoms with Crippen molar-refractivity contribution >= 4 is 11.3 Å². The molecule has 2 heterocycles. The summed E-state index contributed by atoms with van der Waals surface area (Å²) in [5, 5.41) is 14.1. The summed E-state index contributed by atoms with van der Waals surface area (Å²) in [6, 6.07) is 4.57. The van der Waals surface area contributed by atoms with Gasteiger partial charge in [0.1, 0.15) is 5.01 Å². The summed E-state index contributed by atoms with van der Waals surface area (Å²) in [7, 11) is 0. The molecule has 0 saturated heterocycles. The van der Waals surface area contributed by atoms with Crippen LogP contribution in [0.4, 0.5) is 13.2 Å². The van der Waals surface area contributed by atoms with Crippen LogP contribution in [0.5, 0.6) is 0 Å². The van der Waals surface area contributed by atoms with E-state index in [9.17, 15) is 23.1 Å². The van der Waals surface area contributed by atoms with Crippen LogP contribution in [0.1, 0.15) is 28.1 Å². The third kappa shape index (κ3) is 3.10. The molecule has 10 heteroatoms. The Morgan fingerprint density at radius 3 is 2.50 bits per heavy atom. The molecule has 0 spiro atoms. The van der Waals surface area contributed by atoms with E-state index in [-0.39, 0.29) is 5.82 Å². The van der Waals surface area contributed by atoms with Crippen molar-refractivity contribution in [3.63, 3.8) is 0 Å². The number of aromatic nitrogens is 3. The normalized spacial score (nSPS) is 13.2. The van der Waals surface area contributed by atoms with E-state index in [1.54, 1.807) is 6.92 Å². The number of alkyl halides is 3. The van der Waals surface area contributed by atoms with Gasteiger partial charge in [0.25, 0.3) is 0 Å². The molecule has 0 aliphatic rings. The van der Waals surface area contributed by atoms with Gasteiger partial charge in [-0.15, -0.1) is 11.3 Å². The number of nitrogens with one attached hydrogen (secondary N) is 1. The van der Waals surface area contributed by atoms with Gasteiger partial charge >= 0.3 is 11.9 Å². The Bertz CT molecular complexity index is 912. The maximum atomic E-state index is 12.6. The molecule has 1 atom stereocenters. The van der Waals surface area contributed by atoms with E-state index in [4.69, 9.17) is 0 Å². The summed E-state index contributed by atoms with van der Waals surface area (Å²) in [6.07, 6.45) is -5.64. The van der Waals surface area contributed by atoms with Gasteiger partial charge in [-0.05, 0) is 19.1 Å². The Balaban J connectivity index is 1.92. The van der Waals surface area contributed by atoms with Gasteiger partial charge in [-0.2, -0.15) is 13.2 Å². The van der Waals surface area contributed by atoms with Crippen LogP contribution >= 0.6 is 11.3 Å². The largest absolute Gasteiger partial charge is 0.439 e. The van der Waals surface area contributed by atoms with Crippen LogP contribution in [0.2, 0.25) is 0 Å². The summed E-state index contributed by atoms with van der Waals surface area (Å²) in [5.41, 5.74) is 0.217. The topological polar surface area (TPSA) is 92.0 Å². The van der Waals surface area contributed by atoms with Gasteiger partial charge in [0, 0.05) is 5.56 Å². The molecule has 24 heavy (non-hydrogen) atoms. The first-order valence-corrected chi connectivity index (χ1v) is 7.46. The number of rotatable bonds is 3. The van der Waals surface area contributed by atoms with Crippen molar-refractivity contribution in [1.29, 1.82) is 0 Å². The number of nitrogens with zero attached hydrogens (tertiary/aromatic N) is 2. The minimum atomic E-state index is -4.41. The molecule has 0 saturated carbocycles. The zero-order chi connectivity index (χ0) is 17.5. The third-order valence-electron chi connectivity index (χ3n) is 3.26. The molecule has 0 amide bonds. The zero-order valence-corrected chi connectivity index (χ0v) is 12.9. The molecule has 2 N–H and O–H groups in total. The van der Waals surface area contributed by atoms with Gasteiger partial charge in [0.2, 0.25) is 0 Å². The molecule has 2 aromatic heterocycles. The lowest BCUT2D eigenvalue weighted by Gasteiger charge is -2.06. The van der Waals surface area contributed by atoms with E-state index in [2.05, 4.69) is 19.6 Å². The quantitative estimate of drug-likeness (QED) is 0.752. The number of aliphatic hydroxyl groups is 1. The zero-order valence-electron chi connectivity index (χ0n) is 12.1. The lowest BCUT2D eigenvalue weighted by molar-refractivity contribution is -0.137. The molecular formula is C14H10F3N3O3S. The first-order valence-electron chi connectivity index (χ1n) is 6.64. The Kier molecular flexibility index (Phi) is 4.01. The van der Waals surface area contributed by atoms with E-state index in [0.29, 0.717) is 21.1 Å². The van der Waals surface area contributed by atoms with Crippen LogP contribution < -0.4 is 5.76 Å². The standard InChI is InChI=1S/C14H10F3N3O3S/c1-6-10(9(21)11-19-13(22)23-20-11)24-12(18-6)7-2-4-8(5-3-7)14(15,16)17/h2-5,9,21H,1H3,(H,19,20,22). The van der Waals surface area contributed by atoms with Crippen molar-refractivity contribution < 1.29 is 22.8 Å². The number of halogens is 3. The maximum absolute atomic E-state index is 12.6. The fourth-order valence-corrected chi connectivity index (χ4v) is 3.13. The summed E-state index contributed by atoms with van der Waals surface area (Å²) in [4.78, 5) is 17.9. The van der Waals surface area contributed by atoms with Gasteiger partial charge in [-0.3, -0.25) is 9.51 Å². The molecule has 1 aromatic carbocycles. The first-order chi connectivity index (χ1) is 11.3. The fraction of sp³-hybridized carbons (Fsp3) is 0.214. The smallest absolute Gasteiger partial charge is 0.379 e. The molecular weight excluding hydrogens is 347 g/mol. The van der Waals surface area contributed by atoms with Gasteiger partial charge in [0.05, 0.1) is 16.1 Å². The second kappa shape index (κ2) is 5.87. The average molecular weight is 357 g/mol. The molecule has 0 aliphatic heterocycles. The van der Waals surface area contributed by atoms with Crippen molar-refractivity contribution in [2.24, 2.45) is 0 Å². The Morgan fingerprint density at radius 1 is 1.29 bits per heavy atom. The van der Waals surface area contributed by atoms with E-state index in [1.165, 1.54) is 12.1 Å². The molecule has 3 rings (SSSR count). The molecule has 3 aromatic rings. The van der Waals surface area contributed by atoms with Crippen molar-refractivity contribution in [3.05, 3.63) is 56.8 Å². The highest BCUT2D eigenvalue weighted by atomic mass is 32.1.